The van der Waals surface area contributed by atoms with E-state index in [-0.39, 0.29) is 5.91 Å². The van der Waals surface area contributed by atoms with Crippen molar-refractivity contribution in [3.05, 3.63) is 53.7 Å². The van der Waals surface area contributed by atoms with Gasteiger partial charge in [-0.25, -0.2) is 4.98 Å². The number of anilines is 2. The SMILES string of the molecule is Cc1ccccc1C(=O)Nc1ccc(NC2CCCCC2)nc1. The topological polar surface area (TPSA) is 54.0 Å². The summed E-state index contributed by atoms with van der Waals surface area (Å²) in [6, 6.07) is 11.9. The number of benzene rings is 1. The Morgan fingerprint density at radius 2 is 1.87 bits per heavy atom. The van der Waals surface area contributed by atoms with Crippen molar-refractivity contribution in [2.45, 2.75) is 45.1 Å². The van der Waals surface area contributed by atoms with E-state index in [0.717, 1.165) is 11.4 Å². The largest absolute Gasteiger partial charge is 0.367 e. The molecule has 4 nitrogen and oxygen atoms in total. The molecule has 1 heterocycles. The van der Waals surface area contributed by atoms with Gasteiger partial charge in [0.15, 0.2) is 0 Å². The Morgan fingerprint density at radius 1 is 1.09 bits per heavy atom. The van der Waals surface area contributed by atoms with E-state index in [4.69, 9.17) is 0 Å². The number of carbonyl (C=O) groups excluding carboxylic acids is 1. The molecule has 1 aromatic carbocycles. The quantitative estimate of drug-likeness (QED) is 0.881. The maximum Gasteiger partial charge on any atom is 0.255 e. The number of hydrogen-bond donors (Lipinski definition) is 2. The van der Waals surface area contributed by atoms with Gasteiger partial charge in [-0.15, -0.1) is 0 Å². The molecule has 1 aliphatic rings. The highest BCUT2D eigenvalue weighted by atomic mass is 16.1. The lowest BCUT2D eigenvalue weighted by Gasteiger charge is -2.23. The van der Waals surface area contributed by atoms with Gasteiger partial charge in [0.25, 0.3) is 5.91 Å². The first kappa shape index (κ1) is 15.5. The van der Waals surface area contributed by atoms with E-state index in [1.807, 2.05) is 43.3 Å². The predicted octanol–water partition coefficient (Wildman–Crippen LogP) is 4.39. The Hall–Kier alpha value is -2.36. The van der Waals surface area contributed by atoms with Crippen molar-refractivity contribution in [2.24, 2.45) is 0 Å². The van der Waals surface area contributed by atoms with Gasteiger partial charge < -0.3 is 10.6 Å². The van der Waals surface area contributed by atoms with Gasteiger partial charge >= 0.3 is 0 Å². The number of rotatable bonds is 4. The zero-order chi connectivity index (χ0) is 16.1. The summed E-state index contributed by atoms with van der Waals surface area (Å²) in [4.78, 5) is 16.7. The monoisotopic (exact) mass is 309 g/mol. The molecular formula is C19H23N3O. The Bertz CT molecular complexity index is 661. The average Bonchev–Trinajstić information content (AvgIpc) is 2.58. The van der Waals surface area contributed by atoms with Crippen LogP contribution in [0.4, 0.5) is 11.5 Å². The zero-order valence-corrected chi connectivity index (χ0v) is 13.5. The van der Waals surface area contributed by atoms with Crippen molar-refractivity contribution >= 4 is 17.4 Å². The maximum absolute atomic E-state index is 12.3. The second-order valence-corrected chi connectivity index (χ2v) is 6.18. The smallest absolute Gasteiger partial charge is 0.255 e. The summed E-state index contributed by atoms with van der Waals surface area (Å²) in [5.74, 6) is 0.781. The van der Waals surface area contributed by atoms with Crippen LogP contribution in [0.1, 0.15) is 48.0 Å². The van der Waals surface area contributed by atoms with Crippen molar-refractivity contribution < 1.29 is 4.79 Å². The molecule has 0 saturated heterocycles. The number of pyridine rings is 1. The third-order valence-corrected chi connectivity index (χ3v) is 4.37. The van der Waals surface area contributed by atoms with Crippen LogP contribution < -0.4 is 10.6 Å². The number of aromatic nitrogens is 1. The molecule has 0 radical (unpaired) electrons. The molecule has 3 rings (SSSR count). The lowest BCUT2D eigenvalue weighted by Crippen LogP contribution is -2.22. The van der Waals surface area contributed by atoms with E-state index in [9.17, 15) is 4.79 Å². The van der Waals surface area contributed by atoms with Crippen LogP contribution in [0.25, 0.3) is 0 Å². The fourth-order valence-corrected chi connectivity index (χ4v) is 3.04. The summed E-state index contributed by atoms with van der Waals surface area (Å²) in [6.45, 7) is 1.93. The van der Waals surface area contributed by atoms with Gasteiger partial charge in [-0.2, -0.15) is 0 Å². The van der Waals surface area contributed by atoms with Crippen LogP contribution in [-0.2, 0) is 0 Å². The molecule has 4 heteroatoms. The molecule has 0 aliphatic heterocycles. The summed E-state index contributed by atoms with van der Waals surface area (Å²) in [5.41, 5.74) is 2.37. The molecule has 2 aromatic rings. The first-order chi connectivity index (χ1) is 11.2. The third-order valence-electron chi connectivity index (χ3n) is 4.37. The number of carbonyl (C=O) groups is 1. The minimum absolute atomic E-state index is 0.0992. The van der Waals surface area contributed by atoms with Gasteiger partial charge in [-0.05, 0) is 43.5 Å². The van der Waals surface area contributed by atoms with Crippen LogP contribution in [0.5, 0.6) is 0 Å². The second kappa shape index (κ2) is 7.27. The lowest BCUT2D eigenvalue weighted by molar-refractivity contribution is 0.102. The van der Waals surface area contributed by atoms with Crippen LogP contribution in [0, 0.1) is 6.92 Å². The number of amides is 1. The number of aryl methyl sites for hydroxylation is 1. The summed E-state index contributed by atoms with van der Waals surface area (Å²) >= 11 is 0. The average molecular weight is 309 g/mol. The molecule has 0 unspecified atom stereocenters. The van der Waals surface area contributed by atoms with Gasteiger partial charge in [0.2, 0.25) is 0 Å². The highest BCUT2D eigenvalue weighted by molar-refractivity contribution is 6.05. The van der Waals surface area contributed by atoms with E-state index in [1.165, 1.54) is 32.1 Å². The van der Waals surface area contributed by atoms with Crippen LogP contribution in [-0.4, -0.2) is 16.9 Å². The van der Waals surface area contributed by atoms with Gasteiger partial charge in [-0.3, -0.25) is 4.79 Å². The standard InChI is InChI=1S/C19H23N3O/c1-14-7-5-6-10-17(14)19(23)22-16-11-12-18(20-13-16)21-15-8-3-2-4-9-15/h5-7,10-13,15H,2-4,8-9H2,1H3,(H,20,21)(H,22,23). The number of hydrogen-bond acceptors (Lipinski definition) is 3. The van der Waals surface area contributed by atoms with E-state index >= 15 is 0 Å². The highest BCUT2D eigenvalue weighted by Gasteiger charge is 2.13. The van der Waals surface area contributed by atoms with Crippen molar-refractivity contribution in [2.75, 3.05) is 10.6 Å². The molecule has 0 bridgehead atoms. The minimum atomic E-state index is -0.0992. The van der Waals surface area contributed by atoms with Crippen LogP contribution in [0.15, 0.2) is 42.6 Å². The molecule has 120 valence electrons. The van der Waals surface area contributed by atoms with Crippen molar-refractivity contribution in [1.29, 1.82) is 0 Å². The summed E-state index contributed by atoms with van der Waals surface area (Å²) in [5, 5.41) is 6.38. The fraction of sp³-hybridized carbons (Fsp3) is 0.368. The van der Waals surface area contributed by atoms with E-state index < -0.39 is 0 Å². The fourth-order valence-electron chi connectivity index (χ4n) is 3.04. The van der Waals surface area contributed by atoms with E-state index in [2.05, 4.69) is 15.6 Å². The highest BCUT2D eigenvalue weighted by Crippen LogP contribution is 2.21. The van der Waals surface area contributed by atoms with Gasteiger partial charge in [0, 0.05) is 11.6 Å². The summed E-state index contributed by atoms with van der Waals surface area (Å²) in [7, 11) is 0. The van der Waals surface area contributed by atoms with Crippen molar-refractivity contribution in [3.63, 3.8) is 0 Å². The lowest BCUT2D eigenvalue weighted by atomic mass is 9.95. The molecule has 1 fully saturated rings. The first-order valence-electron chi connectivity index (χ1n) is 8.32. The normalized spacial score (nSPS) is 15.2. The first-order valence-corrected chi connectivity index (χ1v) is 8.32. The minimum Gasteiger partial charge on any atom is -0.367 e. The van der Waals surface area contributed by atoms with Crippen LogP contribution in [0.3, 0.4) is 0 Å². The van der Waals surface area contributed by atoms with E-state index in [0.29, 0.717) is 17.3 Å². The summed E-state index contributed by atoms with van der Waals surface area (Å²) < 4.78 is 0. The molecule has 23 heavy (non-hydrogen) atoms. The predicted molar refractivity (Wildman–Crippen MR) is 93.9 cm³/mol. The van der Waals surface area contributed by atoms with Gasteiger partial charge in [-0.1, -0.05) is 37.5 Å². The Labute approximate surface area is 137 Å². The van der Waals surface area contributed by atoms with E-state index in [1.54, 1.807) is 6.20 Å². The maximum atomic E-state index is 12.3. The van der Waals surface area contributed by atoms with Crippen LogP contribution in [0.2, 0.25) is 0 Å². The molecule has 0 atom stereocenters. The zero-order valence-electron chi connectivity index (χ0n) is 13.5. The van der Waals surface area contributed by atoms with Gasteiger partial charge in [0.1, 0.15) is 5.82 Å². The molecule has 1 amide bonds. The number of nitrogens with one attached hydrogen (secondary N) is 2. The summed E-state index contributed by atoms with van der Waals surface area (Å²) in [6.07, 6.45) is 8.07. The molecular weight excluding hydrogens is 286 g/mol. The number of nitrogens with zero attached hydrogens (tertiary/aromatic N) is 1. The third kappa shape index (κ3) is 4.09. The van der Waals surface area contributed by atoms with Crippen LogP contribution >= 0.6 is 0 Å². The molecule has 1 aliphatic carbocycles. The van der Waals surface area contributed by atoms with Crippen molar-refractivity contribution in [1.82, 2.24) is 4.98 Å². The second-order valence-electron chi connectivity index (χ2n) is 6.18. The molecule has 2 N–H and O–H groups in total. The molecule has 0 spiro atoms. The Morgan fingerprint density at radius 3 is 2.57 bits per heavy atom. The van der Waals surface area contributed by atoms with Gasteiger partial charge in [0.05, 0.1) is 11.9 Å². The molecule has 1 aromatic heterocycles. The van der Waals surface area contributed by atoms with Crippen molar-refractivity contribution in [3.8, 4) is 0 Å². The Balaban J connectivity index is 1.61. The molecule has 1 saturated carbocycles. The Kier molecular flexibility index (Phi) is 4.91.